The Morgan fingerprint density at radius 3 is 2.75 bits per heavy atom. The molecule has 1 aromatic heterocycles. The van der Waals surface area contributed by atoms with E-state index in [9.17, 15) is 0 Å². The van der Waals surface area contributed by atoms with Crippen LogP contribution in [0.5, 0.6) is 5.75 Å². The van der Waals surface area contributed by atoms with Gasteiger partial charge in [0.2, 0.25) is 0 Å². The number of nitrogens with zero attached hydrogens (tertiary/aromatic N) is 2. The maximum absolute atomic E-state index is 5.69. The normalized spacial score (nSPS) is 10.9. The average molecular weight is 273 g/mol. The summed E-state index contributed by atoms with van der Waals surface area (Å²) in [4.78, 5) is 0. The molecule has 4 heteroatoms. The van der Waals surface area contributed by atoms with Crippen molar-refractivity contribution in [2.75, 3.05) is 6.61 Å². The Balaban J connectivity index is 1.73. The number of aromatic nitrogens is 2. The Kier molecular flexibility index (Phi) is 5.62. The molecule has 1 heterocycles. The Morgan fingerprint density at radius 2 is 2.00 bits per heavy atom. The number of benzene rings is 1. The van der Waals surface area contributed by atoms with Gasteiger partial charge in [-0.2, -0.15) is 5.10 Å². The minimum atomic E-state index is 0.486. The fraction of sp³-hybridized carbons (Fsp3) is 0.438. The zero-order chi connectivity index (χ0) is 14.2. The molecule has 1 N–H and O–H groups in total. The summed E-state index contributed by atoms with van der Waals surface area (Å²) in [7, 11) is 0. The summed E-state index contributed by atoms with van der Waals surface area (Å²) in [6.45, 7) is 6.75. The van der Waals surface area contributed by atoms with Crippen LogP contribution >= 0.6 is 0 Å². The van der Waals surface area contributed by atoms with Gasteiger partial charge in [-0.3, -0.25) is 4.68 Å². The first-order chi connectivity index (χ1) is 9.75. The molecule has 2 aromatic rings. The second-order valence-electron chi connectivity index (χ2n) is 5.10. The summed E-state index contributed by atoms with van der Waals surface area (Å²) in [5, 5.41) is 7.77. The average Bonchev–Trinajstić information content (AvgIpc) is 2.90. The van der Waals surface area contributed by atoms with Gasteiger partial charge in [-0.05, 0) is 18.2 Å². The Morgan fingerprint density at radius 1 is 1.20 bits per heavy atom. The van der Waals surface area contributed by atoms with Gasteiger partial charge in [0, 0.05) is 31.7 Å². The van der Waals surface area contributed by atoms with E-state index in [4.69, 9.17) is 4.74 Å². The molecular weight excluding hydrogens is 250 g/mol. The lowest BCUT2D eigenvalue weighted by atomic mass is 10.3. The SMILES string of the molecule is CC(C)NCc1ccnn1CCCOc1ccccc1. The molecule has 0 amide bonds. The van der Waals surface area contributed by atoms with Crippen LogP contribution in [-0.2, 0) is 13.1 Å². The van der Waals surface area contributed by atoms with Crippen molar-refractivity contribution in [1.82, 2.24) is 15.1 Å². The maximum Gasteiger partial charge on any atom is 0.119 e. The second-order valence-corrected chi connectivity index (χ2v) is 5.10. The highest BCUT2D eigenvalue weighted by atomic mass is 16.5. The van der Waals surface area contributed by atoms with Crippen LogP contribution in [0.25, 0.3) is 0 Å². The van der Waals surface area contributed by atoms with Crippen molar-refractivity contribution < 1.29 is 4.74 Å². The number of nitrogens with one attached hydrogen (secondary N) is 1. The van der Waals surface area contributed by atoms with Gasteiger partial charge in [-0.25, -0.2) is 0 Å². The predicted octanol–water partition coefficient (Wildman–Crippen LogP) is 2.85. The molecule has 2 rings (SSSR count). The van der Waals surface area contributed by atoms with Gasteiger partial charge >= 0.3 is 0 Å². The highest BCUT2D eigenvalue weighted by molar-refractivity contribution is 5.20. The van der Waals surface area contributed by atoms with Gasteiger partial charge in [0.15, 0.2) is 0 Å². The van der Waals surface area contributed by atoms with E-state index in [1.54, 1.807) is 0 Å². The Hall–Kier alpha value is -1.81. The Bertz CT molecular complexity index is 493. The summed E-state index contributed by atoms with van der Waals surface area (Å²) in [5.74, 6) is 0.926. The van der Waals surface area contributed by atoms with Crippen molar-refractivity contribution in [1.29, 1.82) is 0 Å². The summed E-state index contributed by atoms with van der Waals surface area (Å²) in [5.41, 5.74) is 1.22. The molecule has 0 aliphatic carbocycles. The molecule has 0 fully saturated rings. The topological polar surface area (TPSA) is 39.1 Å². The lowest BCUT2D eigenvalue weighted by Crippen LogP contribution is -2.24. The molecule has 108 valence electrons. The zero-order valence-corrected chi connectivity index (χ0v) is 12.2. The monoisotopic (exact) mass is 273 g/mol. The molecule has 1 aromatic carbocycles. The third kappa shape index (κ3) is 4.70. The predicted molar refractivity (Wildman–Crippen MR) is 80.8 cm³/mol. The summed E-state index contributed by atoms with van der Waals surface area (Å²) in [6.07, 6.45) is 2.81. The number of hydrogen-bond acceptors (Lipinski definition) is 3. The van der Waals surface area contributed by atoms with E-state index in [0.717, 1.165) is 25.3 Å². The molecule has 0 saturated carbocycles. The first kappa shape index (κ1) is 14.6. The van der Waals surface area contributed by atoms with Crippen molar-refractivity contribution in [3.05, 3.63) is 48.3 Å². The van der Waals surface area contributed by atoms with Crippen LogP contribution in [0.4, 0.5) is 0 Å². The van der Waals surface area contributed by atoms with Gasteiger partial charge in [0.1, 0.15) is 5.75 Å². The lowest BCUT2D eigenvalue weighted by Gasteiger charge is -2.11. The summed E-state index contributed by atoms with van der Waals surface area (Å²) in [6, 6.07) is 12.5. The van der Waals surface area contributed by atoms with E-state index in [2.05, 4.69) is 30.3 Å². The smallest absolute Gasteiger partial charge is 0.119 e. The fourth-order valence-corrected chi connectivity index (χ4v) is 1.94. The quantitative estimate of drug-likeness (QED) is 0.752. The van der Waals surface area contributed by atoms with Crippen LogP contribution < -0.4 is 10.1 Å². The third-order valence-electron chi connectivity index (χ3n) is 3.02. The molecule has 0 spiro atoms. The van der Waals surface area contributed by atoms with Crippen molar-refractivity contribution in [2.24, 2.45) is 0 Å². The number of rotatable bonds is 8. The van der Waals surface area contributed by atoms with Crippen LogP contribution in [0, 0.1) is 0 Å². The van der Waals surface area contributed by atoms with Crippen LogP contribution in [0.2, 0.25) is 0 Å². The van der Waals surface area contributed by atoms with Gasteiger partial charge in [0.05, 0.1) is 12.3 Å². The molecule has 4 nitrogen and oxygen atoms in total. The highest BCUT2D eigenvalue weighted by Gasteiger charge is 2.03. The molecule has 0 aliphatic heterocycles. The first-order valence-electron chi connectivity index (χ1n) is 7.17. The standard InChI is InChI=1S/C16H23N3O/c1-14(2)17-13-15-9-10-18-19(15)11-6-12-20-16-7-4-3-5-8-16/h3-5,7-10,14,17H,6,11-13H2,1-2H3. The molecule has 0 saturated heterocycles. The minimum absolute atomic E-state index is 0.486. The largest absolute Gasteiger partial charge is 0.494 e. The van der Waals surface area contributed by atoms with Crippen LogP contribution in [-0.4, -0.2) is 22.4 Å². The van der Waals surface area contributed by atoms with Gasteiger partial charge in [-0.15, -0.1) is 0 Å². The maximum atomic E-state index is 5.69. The van der Waals surface area contributed by atoms with Crippen LogP contribution in [0.15, 0.2) is 42.6 Å². The molecule has 0 radical (unpaired) electrons. The van der Waals surface area contributed by atoms with Gasteiger partial charge < -0.3 is 10.1 Å². The molecular formula is C16H23N3O. The van der Waals surface area contributed by atoms with E-state index in [1.165, 1.54) is 5.69 Å². The van der Waals surface area contributed by atoms with Gasteiger partial charge in [0.25, 0.3) is 0 Å². The van der Waals surface area contributed by atoms with Crippen LogP contribution in [0.1, 0.15) is 26.0 Å². The number of ether oxygens (including phenoxy) is 1. The van der Waals surface area contributed by atoms with Crippen molar-refractivity contribution >= 4 is 0 Å². The van der Waals surface area contributed by atoms with Crippen molar-refractivity contribution in [3.8, 4) is 5.75 Å². The fourth-order valence-electron chi connectivity index (χ4n) is 1.94. The minimum Gasteiger partial charge on any atom is -0.494 e. The molecule has 0 aliphatic rings. The zero-order valence-electron chi connectivity index (χ0n) is 12.2. The molecule has 0 atom stereocenters. The van der Waals surface area contributed by atoms with E-state index in [0.29, 0.717) is 12.6 Å². The summed E-state index contributed by atoms with van der Waals surface area (Å²) >= 11 is 0. The molecule has 0 bridgehead atoms. The molecule has 20 heavy (non-hydrogen) atoms. The first-order valence-corrected chi connectivity index (χ1v) is 7.17. The highest BCUT2D eigenvalue weighted by Crippen LogP contribution is 2.09. The van der Waals surface area contributed by atoms with E-state index < -0.39 is 0 Å². The van der Waals surface area contributed by atoms with E-state index in [1.807, 2.05) is 41.2 Å². The van der Waals surface area contributed by atoms with Crippen LogP contribution in [0.3, 0.4) is 0 Å². The summed E-state index contributed by atoms with van der Waals surface area (Å²) < 4.78 is 7.73. The Labute approximate surface area is 120 Å². The van der Waals surface area contributed by atoms with Crippen molar-refractivity contribution in [3.63, 3.8) is 0 Å². The number of para-hydroxylation sites is 1. The number of hydrogen-bond donors (Lipinski definition) is 1. The van der Waals surface area contributed by atoms with E-state index >= 15 is 0 Å². The van der Waals surface area contributed by atoms with Crippen molar-refractivity contribution in [2.45, 2.75) is 39.4 Å². The van der Waals surface area contributed by atoms with E-state index in [-0.39, 0.29) is 0 Å². The lowest BCUT2D eigenvalue weighted by molar-refractivity contribution is 0.297. The third-order valence-corrected chi connectivity index (χ3v) is 3.02. The second kappa shape index (κ2) is 7.70. The number of aryl methyl sites for hydroxylation is 1. The molecule has 0 unspecified atom stereocenters. The van der Waals surface area contributed by atoms with Gasteiger partial charge in [-0.1, -0.05) is 32.0 Å².